The van der Waals surface area contributed by atoms with Crippen molar-refractivity contribution in [3.8, 4) is 33.8 Å². The van der Waals surface area contributed by atoms with Gasteiger partial charge in [-0.1, -0.05) is 97.1 Å². The zero-order valence-corrected chi connectivity index (χ0v) is 27.8. The van der Waals surface area contributed by atoms with Gasteiger partial charge in [-0.15, -0.1) is 0 Å². The number of rotatable bonds is 5. The van der Waals surface area contributed by atoms with Gasteiger partial charge in [-0.3, -0.25) is 9.98 Å². The fourth-order valence-electron chi connectivity index (χ4n) is 6.96. The molecule has 0 saturated heterocycles. The predicted molar refractivity (Wildman–Crippen MR) is 205 cm³/mol. The van der Waals surface area contributed by atoms with Crippen molar-refractivity contribution in [3.63, 3.8) is 0 Å². The first-order valence-electron chi connectivity index (χ1n) is 16.5. The van der Waals surface area contributed by atoms with Crippen molar-refractivity contribution in [2.45, 2.75) is 40.5 Å². The number of phenols is 2. The van der Waals surface area contributed by atoms with E-state index < -0.39 is 0 Å². The molecule has 6 aromatic carbocycles. The molecule has 2 N–H and O–H groups in total. The highest BCUT2D eigenvalue weighted by molar-refractivity contribution is 6.41. The Morgan fingerprint density at radius 1 is 0.562 bits per heavy atom. The molecule has 7 rings (SSSR count). The fraction of sp³-hybridized carbons (Fsp3) is 0.136. The van der Waals surface area contributed by atoms with Gasteiger partial charge < -0.3 is 10.2 Å². The molecular formula is C44H38N2O2. The van der Waals surface area contributed by atoms with Gasteiger partial charge in [0, 0.05) is 22.3 Å². The van der Waals surface area contributed by atoms with Gasteiger partial charge in [0.2, 0.25) is 0 Å². The fourth-order valence-corrected chi connectivity index (χ4v) is 6.96. The van der Waals surface area contributed by atoms with Gasteiger partial charge in [0.1, 0.15) is 11.5 Å². The van der Waals surface area contributed by atoms with Crippen LogP contribution in [0.1, 0.15) is 40.5 Å². The molecular weight excluding hydrogens is 588 g/mol. The molecule has 6 aromatic rings. The van der Waals surface area contributed by atoms with E-state index in [1.54, 1.807) is 12.1 Å². The zero-order chi connectivity index (χ0) is 33.4. The van der Waals surface area contributed by atoms with Gasteiger partial charge in [0.15, 0.2) is 0 Å². The van der Waals surface area contributed by atoms with E-state index in [4.69, 9.17) is 9.98 Å². The van der Waals surface area contributed by atoms with E-state index in [0.29, 0.717) is 0 Å². The topological polar surface area (TPSA) is 65.2 Å². The molecule has 0 spiro atoms. The molecule has 0 amide bonds. The van der Waals surface area contributed by atoms with E-state index in [1.807, 2.05) is 76.2 Å². The molecule has 48 heavy (non-hydrogen) atoms. The molecule has 236 valence electrons. The van der Waals surface area contributed by atoms with E-state index in [-0.39, 0.29) is 11.5 Å². The summed E-state index contributed by atoms with van der Waals surface area (Å²) in [5, 5.41) is 31.1. The van der Waals surface area contributed by atoms with Crippen molar-refractivity contribution in [2.24, 2.45) is 9.98 Å². The number of benzene rings is 6. The van der Waals surface area contributed by atoms with E-state index >= 15 is 0 Å². The van der Waals surface area contributed by atoms with Crippen molar-refractivity contribution >= 4 is 68.6 Å². The second kappa shape index (κ2) is 12.8. The SMILES string of the molecule is C/C=c1/ccc(O)c(-c2c(N=C(C)C(C)=Nc3ccc4ccccc4c3-c3c(O)ccc4ccccc34)ccc3c2=CCCC=3)/c1=C/C. The van der Waals surface area contributed by atoms with Crippen LogP contribution >= 0.6 is 0 Å². The third-order valence-corrected chi connectivity index (χ3v) is 9.41. The summed E-state index contributed by atoms with van der Waals surface area (Å²) in [7, 11) is 0. The van der Waals surface area contributed by atoms with Gasteiger partial charge in [0.25, 0.3) is 0 Å². The summed E-state index contributed by atoms with van der Waals surface area (Å²) in [6.07, 6.45) is 10.6. The Labute approximate surface area is 280 Å². The molecule has 0 bridgehead atoms. The molecule has 0 fully saturated rings. The largest absolute Gasteiger partial charge is 0.507 e. The Balaban J connectivity index is 1.46. The van der Waals surface area contributed by atoms with Crippen LogP contribution in [0.3, 0.4) is 0 Å². The standard InChI is InChI=1S/C44H38N2O2/c1-5-29-21-25-39(47)43(33(29)6-2)41-34-16-10-7-13-30(34)19-23-37(41)45-27(3)28(4)46-38-24-20-31-14-8-11-17-35(31)42(38)44-36-18-12-9-15-32(36)22-26-40(44)48/h5-6,8-9,11-26,47-48H,7,10H2,1-4H3/b29-5-,33-6+,45-27?,46-28?. The first kappa shape index (κ1) is 30.9. The first-order chi connectivity index (χ1) is 23.4. The van der Waals surface area contributed by atoms with Crippen LogP contribution in [0.2, 0.25) is 0 Å². The number of nitrogens with zero attached hydrogens (tertiary/aromatic N) is 2. The highest BCUT2D eigenvalue weighted by Crippen LogP contribution is 2.45. The average molecular weight is 627 g/mol. The van der Waals surface area contributed by atoms with Crippen LogP contribution in [-0.2, 0) is 0 Å². The molecule has 0 radical (unpaired) electrons. The summed E-state index contributed by atoms with van der Waals surface area (Å²) >= 11 is 0. The van der Waals surface area contributed by atoms with Crippen LogP contribution < -0.4 is 20.9 Å². The maximum atomic E-state index is 11.3. The van der Waals surface area contributed by atoms with Crippen LogP contribution in [0.4, 0.5) is 11.4 Å². The van der Waals surface area contributed by atoms with E-state index in [9.17, 15) is 10.2 Å². The number of hydrogen-bond acceptors (Lipinski definition) is 4. The van der Waals surface area contributed by atoms with Gasteiger partial charge in [-0.05, 0) is 107 Å². The van der Waals surface area contributed by atoms with Crippen molar-refractivity contribution in [2.75, 3.05) is 0 Å². The van der Waals surface area contributed by atoms with Crippen LogP contribution in [-0.4, -0.2) is 21.6 Å². The summed E-state index contributed by atoms with van der Waals surface area (Å²) in [6, 6.07) is 32.1. The summed E-state index contributed by atoms with van der Waals surface area (Å²) in [5.41, 5.74) is 6.43. The Bertz CT molecular complexity index is 2580. The predicted octanol–water partition coefficient (Wildman–Crippen LogP) is 8.58. The lowest BCUT2D eigenvalue weighted by molar-refractivity contribution is 0.476. The normalized spacial score (nSPS) is 14.2. The number of phenolic OH excluding ortho intramolecular Hbond substituents is 2. The van der Waals surface area contributed by atoms with E-state index in [0.717, 1.165) is 100 Å². The third kappa shape index (κ3) is 5.39. The summed E-state index contributed by atoms with van der Waals surface area (Å²) in [5.74, 6) is 0.447. The molecule has 4 heteroatoms. The lowest BCUT2D eigenvalue weighted by Gasteiger charge is -2.16. The van der Waals surface area contributed by atoms with E-state index in [1.165, 1.54) is 0 Å². The first-order valence-corrected chi connectivity index (χ1v) is 16.5. The molecule has 1 aliphatic rings. The molecule has 1 aliphatic carbocycles. The monoisotopic (exact) mass is 626 g/mol. The minimum Gasteiger partial charge on any atom is -0.507 e. The van der Waals surface area contributed by atoms with Crippen molar-refractivity contribution in [1.82, 2.24) is 0 Å². The van der Waals surface area contributed by atoms with Crippen LogP contribution in [0, 0.1) is 0 Å². The summed E-state index contributed by atoms with van der Waals surface area (Å²) in [4.78, 5) is 10.4. The Morgan fingerprint density at radius 2 is 1.12 bits per heavy atom. The molecule has 0 heterocycles. The highest BCUT2D eigenvalue weighted by Gasteiger charge is 2.18. The summed E-state index contributed by atoms with van der Waals surface area (Å²) in [6.45, 7) is 7.99. The average Bonchev–Trinajstić information content (AvgIpc) is 3.11. The minimum atomic E-state index is 0.214. The molecule has 0 unspecified atom stereocenters. The van der Waals surface area contributed by atoms with Gasteiger partial charge in [-0.25, -0.2) is 0 Å². The summed E-state index contributed by atoms with van der Waals surface area (Å²) < 4.78 is 0. The smallest absolute Gasteiger partial charge is 0.124 e. The van der Waals surface area contributed by atoms with Gasteiger partial charge in [0.05, 0.1) is 22.8 Å². The lowest BCUT2D eigenvalue weighted by atomic mass is 9.91. The van der Waals surface area contributed by atoms with Crippen molar-refractivity contribution < 1.29 is 10.2 Å². The van der Waals surface area contributed by atoms with Gasteiger partial charge >= 0.3 is 0 Å². The molecule has 0 atom stereocenters. The zero-order valence-electron chi connectivity index (χ0n) is 27.8. The Morgan fingerprint density at radius 3 is 1.81 bits per heavy atom. The number of aliphatic imine (C=N–C) groups is 2. The minimum absolute atomic E-state index is 0.214. The molecule has 0 saturated carbocycles. The number of aromatic hydroxyl groups is 2. The number of fused-ring (bicyclic) bond motifs is 3. The van der Waals surface area contributed by atoms with E-state index in [2.05, 4.69) is 60.7 Å². The van der Waals surface area contributed by atoms with Gasteiger partial charge in [-0.2, -0.15) is 0 Å². The number of hydrogen-bond donors (Lipinski definition) is 2. The van der Waals surface area contributed by atoms with Crippen LogP contribution in [0.5, 0.6) is 11.5 Å². The van der Waals surface area contributed by atoms with Crippen molar-refractivity contribution in [3.05, 3.63) is 118 Å². The maximum absolute atomic E-state index is 11.3. The Hall–Kier alpha value is -5.74. The third-order valence-electron chi connectivity index (χ3n) is 9.41. The molecule has 4 nitrogen and oxygen atoms in total. The second-order valence-electron chi connectivity index (χ2n) is 12.2. The lowest BCUT2D eigenvalue weighted by Crippen LogP contribution is -2.33. The maximum Gasteiger partial charge on any atom is 0.124 e. The molecule has 0 aromatic heterocycles. The second-order valence-corrected chi connectivity index (χ2v) is 12.2. The van der Waals surface area contributed by atoms with Crippen LogP contribution in [0.15, 0.2) is 107 Å². The highest BCUT2D eigenvalue weighted by atomic mass is 16.3. The van der Waals surface area contributed by atoms with Crippen LogP contribution in [0.25, 0.3) is 68.1 Å². The quantitative estimate of drug-likeness (QED) is 0.188. The Kier molecular flexibility index (Phi) is 8.24. The van der Waals surface area contributed by atoms with Crippen molar-refractivity contribution in [1.29, 1.82) is 0 Å². The molecule has 0 aliphatic heterocycles.